The minimum Gasteiger partial charge on any atom is -0.366 e. The van der Waals surface area contributed by atoms with Crippen molar-refractivity contribution < 1.29 is 4.39 Å². The van der Waals surface area contributed by atoms with Crippen LogP contribution in [0.4, 0.5) is 10.1 Å². The van der Waals surface area contributed by atoms with Crippen LogP contribution in [0.2, 0.25) is 0 Å². The third kappa shape index (κ3) is 2.78. The zero-order chi connectivity index (χ0) is 14.8. The predicted octanol–water partition coefficient (Wildman–Crippen LogP) is 2.54. The molecule has 1 saturated heterocycles. The summed E-state index contributed by atoms with van der Waals surface area (Å²) in [6.45, 7) is 8.33. The number of anilines is 1. The highest BCUT2D eigenvalue weighted by atomic mass is 19.1. The number of nitrogens with zero attached hydrogens (tertiary/aromatic N) is 3. The quantitative estimate of drug-likeness (QED) is 0.942. The largest absolute Gasteiger partial charge is 0.366 e. The van der Waals surface area contributed by atoms with Gasteiger partial charge in [0.25, 0.3) is 0 Å². The van der Waals surface area contributed by atoms with E-state index in [4.69, 9.17) is 0 Å². The molecule has 0 spiro atoms. The van der Waals surface area contributed by atoms with E-state index >= 15 is 0 Å². The molecule has 1 aromatic heterocycles. The molecular formula is C16H21FN4. The van der Waals surface area contributed by atoms with Gasteiger partial charge >= 0.3 is 0 Å². The molecule has 2 aromatic rings. The Bertz CT molecular complexity index is 597. The van der Waals surface area contributed by atoms with Crippen LogP contribution in [0, 0.1) is 5.82 Å². The third-order valence-corrected chi connectivity index (χ3v) is 3.86. The third-order valence-electron chi connectivity index (χ3n) is 3.86. The number of nitrogens with one attached hydrogen (secondary N) is 1. The first kappa shape index (κ1) is 14.1. The summed E-state index contributed by atoms with van der Waals surface area (Å²) in [5.74, 6) is 0.127. The van der Waals surface area contributed by atoms with Gasteiger partial charge in [0.15, 0.2) is 0 Å². The van der Waals surface area contributed by atoms with Crippen molar-refractivity contribution in [1.82, 2.24) is 15.1 Å². The minimum atomic E-state index is -0.223. The van der Waals surface area contributed by atoms with Gasteiger partial charge in [-0.1, -0.05) is 13.8 Å². The normalized spacial score (nSPS) is 15.7. The summed E-state index contributed by atoms with van der Waals surface area (Å²) in [6, 6.07) is 6.50. The highest BCUT2D eigenvalue weighted by Crippen LogP contribution is 2.30. The smallest absolute Gasteiger partial charge is 0.123 e. The van der Waals surface area contributed by atoms with Gasteiger partial charge in [0.1, 0.15) is 5.82 Å². The van der Waals surface area contributed by atoms with E-state index in [1.165, 1.54) is 23.5 Å². The molecule has 0 unspecified atom stereocenters. The lowest BCUT2D eigenvalue weighted by molar-refractivity contribution is 0.585. The van der Waals surface area contributed by atoms with Crippen LogP contribution in [0.15, 0.2) is 30.5 Å². The van der Waals surface area contributed by atoms with Crippen molar-refractivity contribution in [1.29, 1.82) is 0 Å². The second-order valence-electron chi connectivity index (χ2n) is 5.70. The lowest BCUT2D eigenvalue weighted by Gasteiger charge is -2.30. The number of piperazine rings is 1. The molecule has 0 bridgehead atoms. The van der Waals surface area contributed by atoms with Crippen LogP contribution in [-0.4, -0.2) is 36.0 Å². The summed E-state index contributed by atoms with van der Waals surface area (Å²) in [6.07, 6.45) is 1.93. The van der Waals surface area contributed by atoms with Crippen molar-refractivity contribution in [2.45, 2.75) is 19.8 Å². The second kappa shape index (κ2) is 5.85. The van der Waals surface area contributed by atoms with Gasteiger partial charge in [0.2, 0.25) is 0 Å². The standard InChI is InChI=1S/C16H21FN4/c1-12(2)16-15(20-9-7-18-8-10-20)11-19-21(16)14-5-3-13(17)4-6-14/h3-6,11-12,18H,7-10H2,1-2H3. The molecule has 0 amide bonds. The molecule has 4 nitrogen and oxygen atoms in total. The molecule has 1 aromatic carbocycles. The van der Waals surface area contributed by atoms with Crippen molar-refractivity contribution in [3.05, 3.63) is 42.0 Å². The maximum absolute atomic E-state index is 13.1. The van der Waals surface area contributed by atoms with Crippen LogP contribution in [-0.2, 0) is 0 Å². The van der Waals surface area contributed by atoms with Crippen LogP contribution < -0.4 is 10.2 Å². The summed E-state index contributed by atoms with van der Waals surface area (Å²) < 4.78 is 15.0. The van der Waals surface area contributed by atoms with Crippen molar-refractivity contribution in [2.24, 2.45) is 0 Å². The zero-order valence-electron chi connectivity index (χ0n) is 12.5. The number of halogens is 1. The van der Waals surface area contributed by atoms with Crippen LogP contribution in [0.25, 0.3) is 5.69 Å². The number of aromatic nitrogens is 2. The molecule has 0 atom stereocenters. The van der Waals surface area contributed by atoms with E-state index in [9.17, 15) is 4.39 Å². The van der Waals surface area contributed by atoms with Crippen molar-refractivity contribution in [3.8, 4) is 5.69 Å². The zero-order valence-corrected chi connectivity index (χ0v) is 12.5. The molecule has 0 saturated carbocycles. The fraction of sp³-hybridized carbons (Fsp3) is 0.438. The molecule has 21 heavy (non-hydrogen) atoms. The Balaban J connectivity index is 2.01. The monoisotopic (exact) mass is 288 g/mol. The Hall–Kier alpha value is -1.88. The van der Waals surface area contributed by atoms with Gasteiger partial charge in [0, 0.05) is 26.2 Å². The fourth-order valence-electron chi connectivity index (χ4n) is 2.83. The number of rotatable bonds is 3. The van der Waals surface area contributed by atoms with Gasteiger partial charge in [-0.05, 0) is 30.2 Å². The summed E-state index contributed by atoms with van der Waals surface area (Å²) in [5, 5.41) is 7.91. The van der Waals surface area contributed by atoms with E-state index in [-0.39, 0.29) is 5.82 Å². The average molecular weight is 288 g/mol. The lowest BCUT2D eigenvalue weighted by atomic mass is 10.1. The SMILES string of the molecule is CC(C)c1c(N2CCNCC2)cnn1-c1ccc(F)cc1. The molecule has 0 radical (unpaired) electrons. The second-order valence-corrected chi connectivity index (χ2v) is 5.70. The average Bonchev–Trinajstić information content (AvgIpc) is 2.94. The maximum atomic E-state index is 13.1. The molecule has 1 fully saturated rings. The molecule has 0 aliphatic carbocycles. The maximum Gasteiger partial charge on any atom is 0.123 e. The van der Waals surface area contributed by atoms with Gasteiger partial charge in [-0.15, -0.1) is 0 Å². The van der Waals surface area contributed by atoms with Crippen LogP contribution in [0.3, 0.4) is 0 Å². The van der Waals surface area contributed by atoms with E-state index in [0.29, 0.717) is 5.92 Å². The lowest BCUT2D eigenvalue weighted by Crippen LogP contribution is -2.43. The molecule has 1 N–H and O–H groups in total. The van der Waals surface area contributed by atoms with Crippen LogP contribution in [0.1, 0.15) is 25.5 Å². The summed E-state index contributed by atoms with van der Waals surface area (Å²) in [5.41, 5.74) is 3.28. The Morgan fingerprint density at radius 3 is 2.43 bits per heavy atom. The molecule has 5 heteroatoms. The first-order chi connectivity index (χ1) is 10.2. The molecule has 112 valence electrons. The van der Waals surface area contributed by atoms with Crippen molar-refractivity contribution >= 4 is 5.69 Å². The van der Waals surface area contributed by atoms with E-state index < -0.39 is 0 Å². The van der Waals surface area contributed by atoms with Crippen molar-refractivity contribution in [3.63, 3.8) is 0 Å². The van der Waals surface area contributed by atoms with E-state index in [2.05, 4.69) is 29.2 Å². The molecule has 3 rings (SSSR count). The van der Waals surface area contributed by atoms with E-state index in [1.807, 2.05) is 10.9 Å². The van der Waals surface area contributed by atoms with E-state index in [0.717, 1.165) is 31.9 Å². The summed E-state index contributed by atoms with van der Waals surface area (Å²) in [7, 11) is 0. The van der Waals surface area contributed by atoms with Gasteiger partial charge in [0.05, 0.1) is 23.3 Å². The first-order valence-electron chi connectivity index (χ1n) is 7.46. The van der Waals surface area contributed by atoms with Gasteiger partial charge in [-0.3, -0.25) is 0 Å². The fourth-order valence-corrected chi connectivity index (χ4v) is 2.83. The molecular weight excluding hydrogens is 267 g/mol. The topological polar surface area (TPSA) is 33.1 Å². The Morgan fingerprint density at radius 1 is 1.14 bits per heavy atom. The summed E-state index contributed by atoms with van der Waals surface area (Å²) in [4.78, 5) is 2.37. The van der Waals surface area contributed by atoms with Crippen molar-refractivity contribution in [2.75, 3.05) is 31.1 Å². The minimum absolute atomic E-state index is 0.223. The van der Waals surface area contributed by atoms with Gasteiger partial charge < -0.3 is 10.2 Å². The number of benzene rings is 1. The van der Waals surface area contributed by atoms with E-state index in [1.54, 1.807) is 12.1 Å². The number of hydrogen-bond donors (Lipinski definition) is 1. The van der Waals surface area contributed by atoms with Crippen LogP contribution >= 0.6 is 0 Å². The highest BCUT2D eigenvalue weighted by molar-refractivity contribution is 5.54. The Labute approximate surface area is 124 Å². The first-order valence-corrected chi connectivity index (χ1v) is 7.46. The highest BCUT2D eigenvalue weighted by Gasteiger charge is 2.21. The van der Waals surface area contributed by atoms with Gasteiger partial charge in [-0.25, -0.2) is 9.07 Å². The molecule has 1 aliphatic rings. The van der Waals surface area contributed by atoms with Gasteiger partial charge in [-0.2, -0.15) is 5.10 Å². The molecule has 2 heterocycles. The molecule has 1 aliphatic heterocycles. The predicted molar refractivity (Wildman–Crippen MR) is 82.7 cm³/mol. The number of hydrogen-bond acceptors (Lipinski definition) is 3. The Morgan fingerprint density at radius 2 is 1.81 bits per heavy atom. The summed E-state index contributed by atoms with van der Waals surface area (Å²) >= 11 is 0. The Kier molecular flexibility index (Phi) is 3.92. The van der Waals surface area contributed by atoms with Crippen LogP contribution in [0.5, 0.6) is 0 Å².